The van der Waals surface area contributed by atoms with Gasteiger partial charge in [-0.1, -0.05) is 12.8 Å². The largest absolute Gasteiger partial charge is 0.352 e. The number of nitrogens with zero attached hydrogens (tertiary/aromatic N) is 4. The van der Waals surface area contributed by atoms with E-state index in [1.54, 1.807) is 28.9 Å². The van der Waals surface area contributed by atoms with Gasteiger partial charge in [-0.15, -0.1) is 0 Å². The Kier molecular flexibility index (Phi) is 3.55. The minimum absolute atomic E-state index is 0.00173. The van der Waals surface area contributed by atoms with Crippen LogP contribution in [0.2, 0.25) is 0 Å². The summed E-state index contributed by atoms with van der Waals surface area (Å²) < 4.78 is 3.04. The first kappa shape index (κ1) is 14.9. The summed E-state index contributed by atoms with van der Waals surface area (Å²) in [5.41, 5.74) is 2.14. The molecule has 3 aromatic heterocycles. The average molecular weight is 325 g/mol. The zero-order valence-corrected chi connectivity index (χ0v) is 13.5. The van der Waals surface area contributed by atoms with Crippen LogP contribution in [0.1, 0.15) is 31.4 Å². The summed E-state index contributed by atoms with van der Waals surface area (Å²) >= 11 is 0. The summed E-state index contributed by atoms with van der Waals surface area (Å²) in [6, 6.07) is 5.51. The van der Waals surface area contributed by atoms with Gasteiger partial charge in [0.1, 0.15) is 12.1 Å². The number of aromatic nitrogens is 4. The highest BCUT2D eigenvalue weighted by Crippen LogP contribution is 2.18. The quantitative estimate of drug-likeness (QED) is 0.789. The van der Waals surface area contributed by atoms with Crippen molar-refractivity contribution in [3.8, 4) is 0 Å². The lowest BCUT2D eigenvalue weighted by Crippen LogP contribution is -2.38. The zero-order chi connectivity index (χ0) is 16.7. The second kappa shape index (κ2) is 5.74. The first-order chi connectivity index (χ1) is 11.6. The number of nitrogens with one attached hydrogen (secondary N) is 1. The monoisotopic (exact) mass is 325 g/mol. The van der Waals surface area contributed by atoms with E-state index in [-0.39, 0.29) is 24.1 Å². The number of hydrogen-bond donors (Lipinski definition) is 1. The van der Waals surface area contributed by atoms with Gasteiger partial charge in [0.05, 0.1) is 11.2 Å². The highest BCUT2D eigenvalue weighted by molar-refractivity contribution is 5.80. The predicted octanol–water partition coefficient (Wildman–Crippen LogP) is 1.41. The van der Waals surface area contributed by atoms with Crippen molar-refractivity contribution in [2.75, 3.05) is 0 Å². The Hall–Kier alpha value is -2.70. The normalized spacial score (nSPS) is 15.4. The van der Waals surface area contributed by atoms with Crippen molar-refractivity contribution < 1.29 is 4.79 Å². The lowest BCUT2D eigenvalue weighted by Gasteiger charge is -2.14. The van der Waals surface area contributed by atoms with Crippen molar-refractivity contribution in [2.24, 2.45) is 0 Å². The molecule has 7 heteroatoms. The number of hydrogen-bond acceptors (Lipinski definition) is 4. The highest BCUT2D eigenvalue weighted by Gasteiger charge is 2.19. The van der Waals surface area contributed by atoms with Crippen LogP contribution in [-0.2, 0) is 11.3 Å². The van der Waals surface area contributed by atoms with Gasteiger partial charge in [0.2, 0.25) is 5.91 Å². The number of carbonyl (C=O) groups is 1. The molecule has 0 spiro atoms. The molecule has 0 atom stereocenters. The van der Waals surface area contributed by atoms with Crippen LogP contribution < -0.4 is 10.9 Å². The maximum absolute atomic E-state index is 12.8. The van der Waals surface area contributed by atoms with E-state index in [2.05, 4.69) is 15.4 Å². The van der Waals surface area contributed by atoms with E-state index in [0.29, 0.717) is 16.7 Å². The van der Waals surface area contributed by atoms with Crippen molar-refractivity contribution in [3.63, 3.8) is 0 Å². The first-order valence-electron chi connectivity index (χ1n) is 8.27. The lowest BCUT2D eigenvalue weighted by atomic mass is 10.2. The van der Waals surface area contributed by atoms with Crippen molar-refractivity contribution in [2.45, 2.75) is 45.2 Å². The summed E-state index contributed by atoms with van der Waals surface area (Å²) in [6.07, 6.45) is 6.00. The standard InChI is InChI=1S/C17H19N5O2/c1-11-9-14-17(24)21(10-15(23)19-12-5-2-3-6-12)13-7-4-8-18-16(13)22(14)20-11/h4,7-9,12H,2-3,5-6,10H2,1H3,(H,19,23). The fourth-order valence-corrected chi connectivity index (χ4v) is 3.47. The minimum Gasteiger partial charge on any atom is -0.352 e. The summed E-state index contributed by atoms with van der Waals surface area (Å²) in [5.74, 6) is -0.130. The van der Waals surface area contributed by atoms with Crippen LogP contribution in [0, 0.1) is 6.92 Å². The highest BCUT2D eigenvalue weighted by atomic mass is 16.2. The van der Waals surface area contributed by atoms with E-state index >= 15 is 0 Å². The summed E-state index contributed by atoms with van der Waals surface area (Å²) in [5, 5.41) is 7.38. The van der Waals surface area contributed by atoms with Gasteiger partial charge in [0.25, 0.3) is 5.56 Å². The second-order valence-corrected chi connectivity index (χ2v) is 6.37. The summed E-state index contributed by atoms with van der Waals surface area (Å²) in [7, 11) is 0. The molecule has 1 aliphatic rings. The van der Waals surface area contributed by atoms with Gasteiger partial charge < -0.3 is 5.32 Å². The van der Waals surface area contributed by atoms with Crippen LogP contribution in [0.25, 0.3) is 16.7 Å². The number of pyridine rings is 1. The summed E-state index contributed by atoms with van der Waals surface area (Å²) in [4.78, 5) is 29.6. The SMILES string of the molecule is Cc1cc2c(=O)n(CC(=O)NC3CCCC3)c3cccnc3n2n1. The molecule has 1 saturated carbocycles. The van der Waals surface area contributed by atoms with Crippen LogP contribution in [-0.4, -0.2) is 31.1 Å². The Bertz CT molecular complexity index is 982. The Morgan fingerprint density at radius 2 is 2.12 bits per heavy atom. The zero-order valence-electron chi connectivity index (χ0n) is 13.5. The molecule has 0 bridgehead atoms. The Morgan fingerprint density at radius 3 is 2.92 bits per heavy atom. The molecule has 0 radical (unpaired) electrons. The predicted molar refractivity (Wildman–Crippen MR) is 89.9 cm³/mol. The molecular formula is C17H19N5O2. The van der Waals surface area contributed by atoms with E-state index in [9.17, 15) is 9.59 Å². The first-order valence-corrected chi connectivity index (χ1v) is 8.27. The molecular weight excluding hydrogens is 306 g/mol. The molecule has 0 unspecified atom stereocenters. The van der Waals surface area contributed by atoms with Crippen molar-refractivity contribution in [1.82, 2.24) is 24.5 Å². The molecule has 1 N–H and O–H groups in total. The maximum atomic E-state index is 12.8. The molecule has 124 valence electrons. The summed E-state index contributed by atoms with van der Waals surface area (Å²) in [6.45, 7) is 1.83. The van der Waals surface area contributed by atoms with Gasteiger partial charge in [-0.05, 0) is 38.0 Å². The lowest BCUT2D eigenvalue weighted by molar-refractivity contribution is -0.122. The number of aryl methyl sites for hydroxylation is 1. The van der Waals surface area contributed by atoms with Gasteiger partial charge in [-0.25, -0.2) is 9.50 Å². The third-order valence-electron chi connectivity index (χ3n) is 4.58. The van der Waals surface area contributed by atoms with Gasteiger partial charge in [-0.3, -0.25) is 14.2 Å². The molecule has 3 aromatic rings. The third-order valence-corrected chi connectivity index (χ3v) is 4.58. The number of amides is 1. The average Bonchev–Trinajstić information content (AvgIpc) is 3.21. The van der Waals surface area contributed by atoms with Crippen LogP contribution >= 0.6 is 0 Å². The Labute approximate surface area is 138 Å². The van der Waals surface area contributed by atoms with Crippen molar-refractivity contribution in [3.05, 3.63) is 40.4 Å². The molecule has 3 heterocycles. The maximum Gasteiger partial charge on any atom is 0.277 e. The molecule has 1 amide bonds. The molecule has 0 aliphatic heterocycles. The van der Waals surface area contributed by atoms with E-state index < -0.39 is 0 Å². The molecule has 24 heavy (non-hydrogen) atoms. The van der Waals surface area contributed by atoms with E-state index in [4.69, 9.17) is 0 Å². The van der Waals surface area contributed by atoms with Crippen LogP contribution in [0.5, 0.6) is 0 Å². The third kappa shape index (κ3) is 2.46. The van der Waals surface area contributed by atoms with Gasteiger partial charge in [-0.2, -0.15) is 5.10 Å². The molecule has 7 nitrogen and oxygen atoms in total. The fourth-order valence-electron chi connectivity index (χ4n) is 3.47. The van der Waals surface area contributed by atoms with Crippen molar-refractivity contribution >= 4 is 22.6 Å². The minimum atomic E-state index is -0.224. The molecule has 4 rings (SSSR count). The van der Waals surface area contributed by atoms with Crippen LogP contribution in [0.4, 0.5) is 0 Å². The second-order valence-electron chi connectivity index (χ2n) is 6.37. The van der Waals surface area contributed by atoms with Crippen molar-refractivity contribution in [1.29, 1.82) is 0 Å². The van der Waals surface area contributed by atoms with Gasteiger partial charge in [0.15, 0.2) is 5.65 Å². The van der Waals surface area contributed by atoms with Gasteiger partial charge >= 0.3 is 0 Å². The molecule has 0 saturated heterocycles. The smallest absolute Gasteiger partial charge is 0.277 e. The van der Waals surface area contributed by atoms with E-state index in [1.165, 1.54) is 4.57 Å². The fraction of sp³-hybridized carbons (Fsp3) is 0.412. The van der Waals surface area contributed by atoms with Gasteiger partial charge in [0, 0.05) is 12.2 Å². The van der Waals surface area contributed by atoms with Crippen LogP contribution in [0.15, 0.2) is 29.2 Å². The van der Waals surface area contributed by atoms with Crippen LogP contribution in [0.3, 0.4) is 0 Å². The number of rotatable bonds is 3. The van der Waals surface area contributed by atoms with E-state index in [0.717, 1.165) is 31.4 Å². The molecule has 1 aliphatic carbocycles. The number of carbonyl (C=O) groups excluding carboxylic acids is 1. The topological polar surface area (TPSA) is 81.3 Å². The molecule has 1 fully saturated rings. The van der Waals surface area contributed by atoms with E-state index in [1.807, 2.05) is 6.92 Å². The number of fused-ring (bicyclic) bond motifs is 3. The Morgan fingerprint density at radius 1 is 1.33 bits per heavy atom. The Balaban J connectivity index is 1.79. The molecule has 0 aromatic carbocycles.